The van der Waals surface area contributed by atoms with Crippen LogP contribution in [0.25, 0.3) is 21.3 Å². The molecular weight excluding hydrogens is 384 g/mol. The molecule has 134 valence electrons. The lowest BCUT2D eigenvalue weighted by atomic mass is 10.2. The van der Waals surface area contributed by atoms with Crippen LogP contribution in [-0.4, -0.2) is 15.4 Å². The Kier molecular flexibility index (Phi) is 4.75. The quantitative estimate of drug-likeness (QED) is 0.380. The SMILES string of the molecule is O=C(C=Cc1ccccc1Cl)OCc1cc(=O)n2c(n1)sc1ccccc12. The Balaban J connectivity index is 1.52. The predicted molar refractivity (Wildman–Crippen MR) is 107 cm³/mol. The van der Waals surface area contributed by atoms with Gasteiger partial charge in [0.15, 0.2) is 4.96 Å². The van der Waals surface area contributed by atoms with Gasteiger partial charge in [0, 0.05) is 17.2 Å². The van der Waals surface area contributed by atoms with E-state index in [-0.39, 0.29) is 12.2 Å². The zero-order valence-corrected chi connectivity index (χ0v) is 15.5. The van der Waals surface area contributed by atoms with Gasteiger partial charge in [-0.15, -0.1) is 0 Å². The highest BCUT2D eigenvalue weighted by Gasteiger charge is 2.10. The number of aromatic nitrogens is 2. The Labute approximate surface area is 163 Å². The molecule has 0 unspecified atom stereocenters. The Hall–Kier alpha value is -2.96. The number of para-hydroxylation sites is 1. The first kappa shape index (κ1) is 17.5. The summed E-state index contributed by atoms with van der Waals surface area (Å²) in [4.78, 5) is 29.4. The van der Waals surface area contributed by atoms with Gasteiger partial charge in [0.1, 0.15) is 6.61 Å². The van der Waals surface area contributed by atoms with Crippen molar-refractivity contribution < 1.29 is 9.53 Å². The lowest BCUT2D eigenvalue weighted by molar-refractivity contribution is -0.139. The van der Waals surface area contributed by atoms with Gasteiger partial charge in [-0.3, -0.25) is 9.20 Å². The Morgan fingerprint density at radius 1 is 1.19 bits per heavy atom. The molecule has 2 heterocycles. The van der Waals surface area contributed by atoms with Crippen LogP contribution >= 0.6 is 22.9 Å². The van der Waals surface area contributed by atoms with E-state index in [1.165, 1.54) is 23.5 Å². The molecule has 5 nitrogen and oxygen atoms in total. The smallest absolute Gasteiger partial charge is 0.331 e. The summed E-state index contributed by atoms with van der Waals surface area (Å²) in [5.74, 6) is -0.534. The Bertz CT molecular complexity index is 1240. The van der Waals surface area contributed by atoms with E-state index < -0.39 is 5.97 Å². The number of carbonyl (C=O) groups excluding carboxylic acids is 1. The monoisotopic (exact) mass is 396 g/mol. The first-order valence-electron chi connectivity index (χ1n) is 8.11. The molecule has 0 bridgehead atoms. The second-order valence-electron chi connectivity index (χ2n) is 5.74. The van der Waals surface area contributed by atoms with Gasteiger partial charge in [-0.25, -0.2) is 9.78 Å². The number of fused-ring (bicyclic) bond motifs is 3. The van der Waals surface area contributed by atoms with Crippen molar-refractivity contribution in [2.45, 2.75) is 6.61 Å². The third-order valence-electron chi connectivity index (χ3n) is 3.91. The van der Waals surface area contributed by atoms with Gasteiger partial charge < -0.3 is 4.74 Å². The highest BCUT2D eigenvalue weighted by molar-refractivity contribution is 7.23. The molecule has 27 heavy (non-hydrogen) atoms. The normalized spacial score (nSPS) is 11.4. The number of thiazole rings is 1. The third-order valence-corrected chi connectivity index (χ3v) is 5.28. The number of nitrogens with zero attached hydrogens (tertiary/aromatic N) is 2. The number of ether oxygens (including phenoxy) is 1. The number of esters is 1. The van der Waals surface area contributed by atoms with E-state index in [0.29, 0.717) is 15.7 Å². The minimum atomic E-state index is -0.534. The summed E-state index contributed by atoms with van der Waals surface area (Å²) in [5, 5.41) is 0.548. The van der Waals surface area contributed by atoms with Crippen LogP contribution in [0.4, 0.5) is 0 Å². The molecule has 2 aromatic heterocycles. The lowest BCUT2D eigenvalue weighted by Crippen LogP contribution is -2.14. The number of carbonyl (C=O) groups is 1. The second kappa shape index (κ2) is 7.34. The van der Waals surface area contributed by atoms with Crippen molar-refractivity contribution in [2.24, 2.45) is 0 Å². The highest BCUT2D eigenvalue weighted by Crippen LogP contribution is 2.23. The van der Waals surface area contributed by atoms with Crippen LogP contribution in [0.15, 0.2) is 65.5 Å². The number of halogens is 1. The Morgan fingerprint density at radius 2 is 1.96 bits per heavy atom. The lowest BCUT2D eigenvalue weighted by Gasteiger charge is -2.02. The fourth-order valence-corrected chi connectivity index (χ4v) is 3.91. The molecule has 4 aromatic rings. The van der Waals surface area contributed by atoms with E-state index in [2.05, 4.69) is 4.98 Å². The molecule has 4 rings (SSSR count). The molecule has 0 aliphatic carbocycles. The van der Waals surface area contributed by atoms with Gasteiger partial charge in [0.05, 0.1) is 15.9 Å². The van der Waals surface area contributed by atoms with Crippen molar-refractivity contribution in [3.63, 3.8) is 0 Å². The van der Waals surface area contributed by atoms with Crippen LogP contribution in [0, 0.1) is 0 Å². The van der Waals surface area contributed by atoms with Crippen molar-refractivity contribution in [1.82, 2.24) is 9.38 Å². The standard InChI is InChI=1S/C20H13ClN2O3S/c21-15-6-2-1-5-13(15)9-10-19(25)26-12-14-11-18(24)23-16-7-3-4-8-17(16)27-20(23)22-14/h1-11H,12H2. The molecule has 7 heteroatoms. The fourth-order valence-electron chi connectivity index (χ4n) is 2.66. The average molecular weight is 397 g/mol. The molecule has 0 radical (unpaired) electrons. The summed E-state index contributed by atoms with van der Waals surface area (Å²) < 4.78 is 7.72. The zero-order valence-electron chi connectivity index (χ0n) is 14.0. The van der Waals surface area contributed by atoms with E-state index in [1.54, 1.807) is 22.6 Å². The molecule has 0 fully saturated rings. The van der Waals surface area contributed by atoms with E-state index in [4.69, 9.17) is 16.3 Å². The van der Waals surface area contributed by atoms with Crippen LogP contribution < -0.4 is 5.56 Å². The molecule has 0 atom stereocenters. The molecule has 0 saturated heterocycles. The first-order chi connectivity index (χ1) is 13.1. The minimum absolute atomic E-state index is 0.0777. The van der Waals surface area contributed by atoms with Gasteiger partial charge in [0.2, 0.25) is 0 Å². The maximum Gasteiger partial charge on any atom is 0.331 e. The third kappa shape index (κ3) is 3.63. The molecule has 0 saturated carbocycles. The number of rotatable bonds is 4. The molecule has 2 aromatic carbocycles. The summed E-state index contributed by atoms with van der Waals surface area (Å²) in [5.41, 5.74) is 1.75. The van der Waals surface area contributed by atoms with Crippen molar-refractivity contribution in [3.8, 4) is 0 Å². The van der Waals surface area contributed by atoms with Crippen LogP contribution in [0.3, 0.4) is 0 Å². The summed E-state index contributed by atoms with van der Waals surface area (Å²) in [6, 6.07) is 16.2. The van der Waals surface area contributed by atoms with Gasteiger partial charge in [-0.1, -0.05) is 53.3 Å². The topological polar surface area (TPSA) is 60.7 Å². The summed E-state index contributed by atoms with van der Waals surface area (Å²) in [6.07, 6.45) is 2.88. The van der Waals surface area contributed by atoms with Crippen molar-refractivity contribution >= 4 is 50.2 Å². The number of benzene rings is 2. The molecule has 0 spiro atoms. The fraction of sp³-hybridized carbons (Fsp3) is 0.0500. The predicted octanol–water partition coefficient (Wildman–Crippen LogP) is 4.32. The van der Waals surface area contributed by atoms with Crippen LogP contribution in [0.5, 0.6) is 0 Å². The summed E-state index contributed by atoms with van der Waals surface area (Å²) in [6.45, 7) is -0.0777. The molecular formula is C20H13ClN2O3S. The van der Waals surface area contributed by atoms with Gasteiger partial charge in [-0.2, -0.15) is 0 Å². The maximum absolute atomic E-state index is 12.4. The highest BCUT2D eigenvalue weighted by atomic mass is 35.5. The Morgan fingerprint density at radius 3 is 2.81 bits per heavy atom. The van der Waals surface area contributed by atoms with Crippen LogP contribution in [0.1, 0.15) is 11.3 Å². The van der Waals surface area contributed by atoms with E-state index in [1.807, 2.05) is 36.4 Å². The van der Waals surface area contributed by atoms with Crippen LogP contribution in [-0.2, 0) is 16.1 Å². The van der Waals surface area contributed by atoms with Crippen molar-refractivity contribution in [1.29, 1.82) is 0 Å². The van der Waals surface area contributed by atoms with Crippen molar-refractivity contribution in [3.05, 3.63) is 87.3 Å². The zero-order chi connectivity index (χ0) is 18.8. The molecule has 0 amide bonds. The van der Waals surface area contributed by atoms with E-state index >= 15 is 0 Å². The van der Waals surface area contributed by atoms with Gasteiger partial charge in [-0.05, 0) is 29.8 Å². The molecule has 0 aliphatic rings. The maximum atomic E-state index is 12.4. The second-order valence-corrected chi connectivity index (χ2v) is 7.15. The summed E-state index contributed by atoms with van der Waals surface area (Å²) >= 11 is 7.45. The van der Waals surface area contributed by atoms with Gasteiger partial charge in [0.25, 0.3) is 5.56 Å². The van der Waals surface area contributed by atoms with Crippen molar-refractivity contribution in [2.75, 3.05) is 0 Å². The first-order valence-corrected chi connectivity index (χ1v) is 9.31. The molecule has 0 N–H and O–H groups in total. The van der Waals surface area contributed by atoms with E-state index in [0.717, 1.165) is 15.8 Å². The number of hydrogen-bond donors (Lipinski definition) is 0. The minimum Gasteiger partial charge on any atom is -0.456 e. The molecule has 0 aliphatic heterocycles. The average Bonchev–Trinajstić information content (AvgIpc) is 3.04. The number of hydrogen-bond acceptors (Lipinski definition) is 5. The van der Waals surface area contributed by atoms with Crippen LogP contribution in [0.2, 0.25) is 5.02 Å². The largest absolute Gasteiger partial charge is 0.456 e. The van der Waals surface area contributed by atoms with Gasteiger partial charge >= 0.3 is 5.97 Å². The van der Waals surface area contributed by atoms with E-state index in [9.17, 15) is 9.59 Å². The summed E-state index contributed by atoms with van der Waals surface area (Å²) in [7, 11) is 0.